The van der Waals surface area contributed by atoms with E-state index >= 15 is 0 Å². The Hall–Kier alpha value is -3.30. The minimum Gasteiger partial charge on any atom is -0.354 e. The van der Waals surface area contributed by atoms with Crippen LogP contribution in [0.1, 0.15) is 11.1 Å². The van der Waals surface area contributed by atoms with Gasteiger partial charge in [0.25, 0.3) is 10.0 Å². The van der Waals surface area contributed by atoms with Crippen molar-refractivity contribution < 1.29 is 8.42 Å². The highest BCUT2D eigenvalue weighted by atomic mass is 32.2. The molecule has 0 heterocycles. The van der Waals surface area contributed by atoms with E-state index in [9.17, 15) is 8.42 Å². The second-order valence-corrected chi connectivity index (χ2v) is 7.46. The van der Waals surface area contributed by atoms with Crippen LogP contribution in [-0.2, 0) is 10.0 Å². The average molecular weight is 363 g/mol. The van der Waals surface area contributed by atoms with Gasteiger partial charge in [-0.1, -0.05) is 24.3 Å². The number of para-hydroxylation sites is 1. The van der Waals surface area contributed by atoms with Gasteiger partial charge in [-0.25, -0.2) is 8.42 Å². The van der Waals surface area contributed by atoms with Crippen molar-refractivity contribution in [3.63, 3.8) is 0 Å². The molecule has 2 N–H and O–H groups in total. The molecule has 0 radical (unpaired) electrons. The van der Waals surface area contributed by atoms with Gasteiger partial charge in [0, 0.05) is 11.4 Å². The van der Waals surface area contributed by atoms with E-state index in [2.05, 4.69) is 16.1 Å². The predicted molar refractivity (Wildman–Crippen MR) is 103 cm³/mol. The lowest BCUT2D eigenvalue weighted by Crippen LogP contribution is -2.13. The quantitative estimate of drug-likeness (QED) is 0.703. The van der Waals surface area contributed by atoms with Crippen LogP contribution in [0.2, 0.25) is 0 Å². The summed E-state index contributed by atoms with van der Waals surface area (Å²) in [7, 11) is -3.63. The Kier molecular flexibility index (Phi) is 4.92. The van der Waals surface area contributed by atoms with Gasteiger partial charge >= 0.3 is 0 Å². The molecule has 3 aromatic carbocycles. The Balaban J connectivity index is 1.77. The van der Waals surface area contributed by atoms with Gasteiger partial charge in [0.05, 0.1) is 16.1 Å². The van der Waals surface area contributed by atoms with Crippen molar-refractivity contribution in [2.75, 3.05) is 10.0 Å². The molecule has 0 amide bonds. The Morgan fingerprint density at radius 3 is 2.27 bits per heavy atom. The second-order valence-electron chi connectivity index (χ2n) is 5.78. The van der Waals surface area contributed by atoms with Gasteiger partial charge in [0.15, 0.2) is 0 Å². The van der Waals surface area contributed by atoms with E-state index in [0.29, 0.717) is 16.9 Å². The van der Waals surface area contributed by atoms with E-state index in [0.717, 1.165) is 11.3 Å². The summed E-state index contributed by atoms with van der Waals surface area (Å²) in [6.45, 7) is 1.85. The molecule has 3 rings (SSSR count). The fourth-order valence-corrected chi connectivity index (χ4v) is 3.63. The third-order valence-corrected chi connectivity index (χ3v) is 5.14. The first-order valence-corrected chi connectivity index (χ1v) is 9.42. The van der Waals surface area contributed by atoms with E-state index in [1.807, 2.05) is 25.1 Å². The lowest BCUT2D eigenvalue weighted by molar-refractivity contribution is 0.601. The van der Waals surface area contributed by atoms with E-state index in [1.54, 1.807) is 54.6 Å². The highest BCUT2D eigenvalue weighted by molar-refractivity contribution is 7.92. The Labute approximate surface area is 153 Å². The van der Waals surface area contributed by atoms with E-state index < -0.39 is 10.0 Å². The molecule has 0 aliphatic carbocycles. The smallest absolute Gasteiger partial charge is 0.261 e. The van der Waals surface area contributed by atoms with Gasteiger partial charge < -0.3 is 5.32 Å². The summed E-state index contributed by atoms with van der Waals surface area (Å²) in [5.41, 5.74) is 3.33. The molecule has 3 aromatic rings. The molecule has 0 spiro atoms. The first-order valence-electron chi connectivity index (χ1n) is 7.94. The van der Waals surface area contributed by atoms with Crippen LogP contribution in [0.4, 0.5) is 17.1 Å². The molecule has 0 aromatic heterocycles. The molecule has 0 aliphatic heterocycles. The third kappa shape index (κ3) is 4.02. The summed E-state index contributed by atoms with van der Waals surface area (Å²) in [5.74, 6) is 0. The van der Waals surface area contributed by atoms with Crippen molar-refractivity contribution in [3.8, 4) is 6.07 Å². The number of aryl methyl sites for hydroxylation is 1. The third-order valence-electron chi connectivity index (χ3n) is 3.76. The number of hydrogen-bond acceptors (Lipinski definition) is 4. The van der Waals surface area contributed by atoms with Crippen LogP contribution in [0.15, 0.2) is 77.7 Å². The molecule has 0 aliphatic rings. The topological polar surface area (TPSA) is 82.0 Å². The molecule has 26 heavy (non-hydrogen) atoms. The molecule has 5 nitrogen and oxygen atoms in total. The number of nitriles is 1. The van der Waals surface area contributed by atoms with Crippen LogP contribution in [0, 0.1) is 18.3 Å². The largest absolute Gasteiger partial charge is 0.354 e. The van der Waals surface area contributed by atoms with Gasteiger partial charge in [-0.15, -0.1) is 0 Å². The van der Waals surface area contributed by atoms with Gasteiger partial charge in [-0.2, -0.15) is 5.26 Å². The monoisotopic (exact) mass is 363 g/mol. The van der Waals surface area contributed by atoms with E-state index in [-0.39, 0.29) is 4.90 Å². The van der Waals surface area contributed by atoms with Crippen molar-refractivity contribution in [2.24, 2.45) is 0 Å². The first-order chi connectivity index (χ1) is 12.5. The Bertz CT molecular complexity index is 1070. The molecule has 6 heteroatoms. The molecule has 0 atom stereocenters. The van der Waals surface area contributed by atoms with Crippen LogP contribution in [0.25, 0.3) is 0 Å². The minimum atomic E-state index is -3.63. The highest BCUT2D eigenvalue weighted by Gasteiger charge is 2.14. The van der Waals surface area contributed by atoms with Crippen molar-refractivity contribution in [3.05, 3.63) is 83.9 Å². The summed E-state index contributed by atoms with van der Waals surface area (Å²) < 4.78 is 27.5. The highest BCUT2D eigenvalue weighted by Crippen LogP contribution is 2.23. The summed E-state index contributed by atoms with van der Waals surface area (Å²) in [6, 6.07) is 22.9. The molecule has 0 saturated carbocycles. The van der Waals surface area contributed by atoms with Gasteiger partial charge in [-0.05, 0) is 61.0 Å². The molecule has 130 valence electrons. The number of hydrogen-bond donors (Lipinski definition) is 2. The van der Waals surface area contributed by atoms with Crippen LogP contribution in [0.5, 0.6) is 0 Å². The Morgan fingerprint density at radius 2 is 1.58 bits per heavy atom. The lowest BCUT2D eigenvalue weighted by atomic mass is 10.2. The molecule has 0 bridgehead atoms. The maximum atomic E-state index is 12.5. The zero-order valence-corrected chi connectivity index (χ0v) is 14.9. The first kappa shape index (κ1) is 17.5. The number of anilines is 3. The zero-order valence-electron chi connectivity index (χ0n) is 14.1. The van der Waals surface area contributed by atoms with Crippen LogP contribution >= 0.6 is 0 Å². The number of rotatable bonds is 5. The average Bonchev–Trinajstić information content (AvgIpc) is 2.63. The summed E-state index contributed by atoms with van der Waals surface area (Å²) >= 11 is 0. The second kappa shape index (κ2) is 7.30. The van der Waals surface area contributed by atoms with Crippen molar-refractivity contribution >= 4 is 27.1 Å². The maximum Gasteiger partial charge on any atom is 0.261 e. The van der Waals surface area contributed by atoms with Gasteiger partial charge in [0.2, 0.25) is 0 Å². The number of nitrogens with one attached hydrogen (secondary N) is 2. The van der Waals surface area contributed by atoms with Crippen LogP contribution < -0.4 is 10.0 Å². The summed E-state index contributed by atoms with van der Waals surface area (Å²) in [5, 5.41) is 12.3. The fourth-order valence-electron chi connectivity index (χ4n) is 2.46. The standard InChI is InChI=1S/C20H17N3O2S/c1-15-5-4-7-19(13-15)26(24,25)23-18-11-9-17(10-12-18)22-20-8-3-2-6-16(20)14-21/h2-13,22-23H,1H3. The SMILES string of the molecule is Cc1cccc(S(=O)(=O)Nc2ccc(Nc3ccccc3C#N)cc2)c1. The Morgan fingerprint density at radius 1 is 0.885 bits per heavy atom. The normalized spacial score (nSPS) is 10.8. The molecule has 0 unspecified atom stereocenters. The van der Waals surface area contributed by atoms with Gasteiger partial charge in [0.1, 0.15) is 6.07 Å². The van der Waals surface area contributed by atoms with E-state index in [4.69, 9.17) is 5.26 Å². The summed E-state index contributed by atoms with van der Waals surface area (Å²) in [4.78, 5) is 0.225. The van der Waals surface area contributed by atoms with Crippen LogP contribution in [0.3, 0.4) is 0 Å². The fraction of sp³-hybridized carbons (Fsp3) is 0.0500. The number of benzene rings is 3. The molecular weight excluding hydrogens is 346 g/mol. The van der Waals surface area contributed by atoms with Crippen molar-refractivity contribution in [1.82, 2.24) is 0 Å². The van der Waals surface area contributed by atoms with Crippen LogP contribution in [-0.4, -0.2) is 8.42 Å². The number of sulfonamides is 1. The number of nitrogens with zero attached hydrogens (tertiary/aromatic N) is 1. The minimum absolute atomic E-state index is 0.225. The molecular formula is C20H17N3O2S. The van der Waals surface area contributed by atoms with Gasteiger partial charge in [-0.3, -0.25) is 4.72 Å². The van der Waals surface area contributed by atoms with Crippen molar-refractivity contribution in [2.45, 2.75) is 11.8 Å². The zero-order chi connectivity index (χ0) is 18.6. The lowest BCUT2D eigenvalue weighted by Gasteiger charge is -2.11. The summed E-state index contributed by atoms with van der Waals surface area (Å²) in [6.07, 6.45) is 0. The van der Waals surface area contributed by atoms with E-state index in [1.165, 1.54) is 0 Å². The predicted octanol–water partition coefficient (Wildman–Crippen LogP) is 4.41. The maximum absolute atomic E-state index is 12.5. The molecule has 0 saturated heterocycles. The molecule has 0 fully saturated rings. The van der Waals surface area contributed by atoms with Crippen molar-refractivity contribution in [1.29, 1.82) is 5.26 Å².